The zero-order valence-corrected chi connectivity index (χ0v) is 80.0. The molecule has 2 N–H and O–H groups in total. The van der Waals surface area contributed by atoms with Gasteiger partial charge in [0.25, 0.3) is 0 Å². The molecule has 1 saturated carbocycles. The Morgan fingerprint density at radius 2 is 0.735 bits per heavy atom. The third-order valence-electron chi connectivity index (χ3n) is 27.8. The smallest absolute Gasteiger partial charge is 0.374 e. The van der Waals surface area contributed by atoms with Crippen LogP contribution in [0.15, 0.2) is 217 Å². The first-order valence-electron chi connectivity index (χ1n) is 48.1. The largest absolute Gasteiger partial charge is 0.472 e. The van der Waals surface area contributed by atoms with Crippen LogP contribution in [-0.4, -0.2) is 172 Å². The Morgan fingerprint density at radius 3 is 1.21 bits per heavy atom. The lowest BCUT2D eigenvalue weighted by Gasteiger charge is -2.53. The lowest BCUT2D eigenvalue weighted by molar-refractivity contribution is -0.369. The van der Waals surface area contributed by atoms with Crippen molar-refractivity contribution in [2.24, 2.45) is 58.4 Å². The number of rotatable bonds is 47. The standard InChI is InChI=1S/C105H143N4O22P/c1-14-17-18-19-41-56-121-132(111,112)131-100-95(75(12)94(116-60-80-48-33-23-34-49-80)98(118-62-82-52-37-25-38-53-82)99(100)119-63-83-54-39-26-40-55-83)129-103-90(108-109-106)74(11)93(87(126-103)65-114-58-78-44-29-21-30-45-78)127-101-72(9)71(8)92(128-102-89(107-76(13)110)73(10)91(115-59-79-46-31-22-32-47-79)86(125-102)64-113-57-77-42-27-20-28-43-77)88(124-101)66-120-104-97(70(7)68(5)84(15-2)122-104)130-105-96(69(6)67(4)85(16-3)123-105)117-61-81-50-35-24-36-51-81/h20-40,42-55,67-75,84-105H,14-19,41,56-66H2,1-13H3,(H,107,110)(H,111,112)/t67-,68-,69-,70-,71+,72?,73+,74+,75?,84?,85?,86?,87?,88?,89?,90?,91+,92-,93-,94?,95+,96?,97?,98+,99?,100-,101+,102-,103+,104-,105+/m0/s1. The van der Waals surface area contributed by atoms with Crippen LogP contribution in [-0.2, 0) is 145 Å². The quantitative estimate of drug-likeness (QED) is 0.0118. The lowest BCUT2D eigenvalue weighted by atomic mass is 9.78. The zero-order valence-electron chi connectivity index (χ0n) is 79.1. The first-order chi connectivity index (χ1) is 64.1. The minimum atomic E-state index is -5.02. The number of nitrogens with one attached hydrogen (secondary N) is 1. The van der Waals surface area contributed by atoms with E-state index in [9.17, 15) is 15.2 Å². The van der Waals surface area contributed by atoms with E-state index in [4.69, 9.17) is 89.6 Å². The molecule has 26 nitrogen and oxygen atoms in total. The van der Waals surface area contributed by atoms with Gasteiger partial charge in [-0.25, -0.2) is 4.57 Å². The summed E-state index contributed by atoms with van der Waals surface area (Å²) in [4.78, 5) is 29.6. The third-order valence-corrected chi connectivity index (χ3v) is 28.8. The molecule has 6 aliphatic rings. The summed E-state index contributed by atoms with van der Waals surface area (Å²) in [6.45, 7) is 27.8. The molecule has 6 fully saturated rings. The fourth-order valence-corrected chi connectivity index (χ4v) is 20.4. The number of carbonyl (C=O) groups excluding carboxylic acids is 1. The predicted octanol–water partition coefficient (Wildman–Crippen LogP) is 19.7. The molecule has 0 radical (unpaired) electrons. The molecule has 720 valence electrons. The molecule has 0 spiro atoms. The van der Waals surface area contributed by atoms with Gasteiger partial charge in [-0.1, -0.05) is 326 Å². The van der Waals surface area contributed by atoms with Gasteiger partial charge >= 0.3 is 7.82 Å². The van der Waals surface area contributed by atoms with Gasteiger partial charge in [0.05, 0.1) is 127 Å². The summed E-state index contributed by atoms with van der Waals surface area (Å²) < 4.78 is 150. The minimum Gasteiger partial charge on any atom is -0.374 e. The summed E-state index contributed by atoms with van der Waals surface area (Å²) in [7, 11) is -5.02. The van der Waals surface area contributed by atoms with Crippen LogP contribution < -0.4 is 5.32 Å². The van der Waals surface area contributed by atoms with Crippen molar-refractivity contribution in [1.29, 1.82) is 0 Å². The molecule has 14 unspecified atom stereocenters. The third kappa shape index (κ3) is 27.8. The lowest BCUT2D eigenvalue weighted by Crippen LogP contribution is -2.66. The molecule has 5 heterocycles. The van der Waals surface area contributed by atoms with Crippen molar-refractivity contribution in [2.75, 3.05) is 26.4 Å². The van der Waals surface area contributed by atoms with E-state index in [-0.39, 0.29) is 101 Å². The highest BCUT2D eigenvalue weighted by Crippen LogP contribution is 2.52. The maximum atomic E-state index is 15.1. The fraction of sp³-hybridized carbons (Fsp3) is 0.590. The van der Waals surface area contributed by atoms with Gasteiger partial charge in [-0.2, -0.15) is 0 Å². The molecule has 5 saturated heterocycles. The van der Waals surface area contributed by atoms with Crippen molar-refractivity contribution in [1.82, 2.24) is 5.32 Å². The normalized spacial score (nSPS) is 33.6. The number of ether oxygens (including phenoxy) is 17. The summed E-state index contributed by atoms with van der Waals surface area (Å²) in [5.41, 5.74) is 17.4. The van der Waals surface area contributed by atoms with E-state index >= 15 is 4.57 Å². The van der Waals surface area contributed by atoms with Gasteiger partial charge in [-0.05, 0) is 99.2 Å². The topological polar surface area (TPSA) is 291 Å². The number of carbonyl (C=O) groups is 1. The first-order valence-corrected chi connectivity index (χ1v) is 49.6. The van der Waals surface area contributed by atoms with Gasteiger partial charge in [0.1, 0.15) is 48.8 Å². The molecule has 7 aromatic carbocycles. The Kier molecular flexibility index (Phi) is 39.7. The number of azide groups is 1. The molecule has 0 bridgehead atoms. The van der Waals surface area contributed by atoms with Crippen molar-refractivity contribution in [2.45, 2.75) is 316 Å². The predicted molar refractivity (Wildman–Crippen MR) is 499 cm³/mol. The molecule has 5 aliphatic heterocycles. The molecule has 1 aliphatic carbocycles. The SMILES string of the molecule is CCCCCCCOP(=O)(O)O[C@@H]1C(OCc2ccccc2)[C@H](OCc2ccccc2)C(OCc2ccccc2)C(C)[C@H]1O[C@H]1OC(COCc2ccccc2)[C@@H](O[C@H]2OC(CO[C@H]3OC(CC)[C@@H](C)[C@H](C)C3O[C@H]3OC(CC)[C@@H](C)[C@H](C)C3OCc3ccccc3)[C@@H](O[C@@H]3OC(COCc4ccccc4)[C@H](OCc4ccccc4)[C@H](C)C3NC(C)=O)[C@H](C)C2C)[C@H](C)C1N=[N+]=[N-]. The van der Waals surface area contributed by atoms with Gasteiger partial charge in [0, 0.05) is 29.6 Å². The Balaban J connectivity index is 0.864. The second-order valence-corrected chi connectivity index (χ2v) is 38.4. The van der Waals surface area contributed by atoms with E-state index in [2.05, 4.69) is 82.9 Å². The second-order valence-electron chi connectivity index (χ2n) is 37.0. The minimum absolute atomic E-state index is 0.0127. The van der Waals surface area contributed by atoms with E-state index in [1.54, 1.807) is 0 Å². The van der Waals surface area contributed by atoms with E-state index in [1.165, 1.54) is 6.92 Å². The highest BCUT2D eigenvalue weighted by molar-refractivity contribution is 7.47. The summed E-state index contributed by atoms with van der Waals surface area (Å²) in [5, 5.41) is 7.83. The summed E-state index contributed by atoms with van der Waals surface area (Å²) in [6.07, 6.45) is -12.3. The number of amides is 1. The average Bonchev–Trinajstić information content (AvgIpc) is 0.752. The Hall–Kier alpha value is -7.25. The van der Waals surface area contributed by atoms with Crippen molar-refractivity contribution in [3.63, 3.8) is 0 Å². The molecule has 27 heteroatoms. The average molecular weight is 1840 g/mol. The van der Waals surface area contributed by atoms with E-state index in [0.29, 0.717) is 26.1 Å². The highest BCUT2D eigenvalue weighted by Gasteiger charge is 2.59. The molecule has 7 aromatic rings. The number of phosphoric acid groups is 1. The molecular weight excluding hydrogens is 1700 g/mol. The van der Waals surface area contributed by atoms with Crippen molar-refractivity contribution >= 4 is 13.7 Å². The monoisotopic (exact) mass is 1840 g/mol. The van der Waals surface area contributed by atoms with E-state index in [1.807, 2.05) is 228 Å². The number of nitrogens with zero attached hydrogens (tertiary/aromatic N) is 3. The van der Waals surface area contributed by atoms with Crippen LogP contribution in [0.2, 0.25) is 0 Å². The van der Waals surface area contributed by atoms with Crippen molar-refractivity contribution < 1.29 is 104 Å². The molecule has 13 rings (SSSR count). The zero-order chi connectivity index (χ0) is 93.0. The van der Waals surface area contributed by atoms with Crippen LogP contribution in [0.5, 0.6) is 0 Å². The van der Waals surface area contributed by atoms with Crippen LogP contribution in [0, 0.1) is 53.3 Å². The molecule has 132 heavy (non-hydrogen) atoms. The maximum absolute atomic E-state index is 15.1. The number of phosphoric ester groups is 1. The van der Waals surface area contributed by atoms with Crippen molar-refractivity contribution in [3.8, 4) is 0 Å². The Morgan fingerprint density at radius 1 is 0.364 bits per heavy atom. The number of hydrogen-bond donors (Lipinski definition) is 2. The van der Waals surface area contributed by atoms with Crippen LogP contribution in [0.1, 0.15) is 174 Å². The van der Waals surface area contributed by atoms with Gasteiger partial charge in [-0.3, -0.25) is 13.8 Å². The van der Waals surface area contributed by atoms with Gasteiger partial charge < -0.3 is 90.7 Å². The first kappa shape index (κ1) is 102. The maximum Gasteiger partial charge on any atom is 0.472 e. The molecule has 32 atom stereocenters. The van der Waals surface area contributed by atoms with E-state index in [0.717, 1.165) is 71.0 Å². The van der Waals surface area contributed by atoms with Gasteiger partial charge in [-0.15, -0.1) is 0 Å². The molecule has 0 aromatic heterocycles. The van der Waals surface area contributed by atoms with Crippen LogP contribution >= 0.6 is 7.82 Å². The van der Waals surface area contributed by atoms with Gasteiger partial charge in [0.2, 0.25) is 5.91 Å². The van der Waals surface area contributed by atoms with Crippen LogP contribution in [0.3, 0.4) is 0 Å². The van der Waals surface area contributed by atoms with Crippen LogP contribution in [0.4, 0.5) is 0 Å². The Bertz CT molecular complexity index is 4570. The molecule has 1 amide bonds. The summed E-state index contributed by atoms with van der Waals surface area (Å²) in [6, 6.07) is 66.9. The fourth-order valence-electron chi connectivity index (χ4n) is 19.5. The molecular formula is C105H143N4O22P. The van der Waals surface area contributed by atoms with Crippen LogP contribution in [0.25, 0.3) is 10.4 Å². The number of hydrogen-bond acceptors (Lipinski definition) is 22. The summed E-state index contributed by atoms with van der Waals surface area (Å²) in [5.74, 6) is -3.17. The Labute approximate surface area is 781 Å². The van der Waals surface area contributed by atoms with Crippen molar-refractivity contribution in [3.05, 3.63) is 262 Å². The second kappa shape index (κ2) is 51.2. The highest BCUT2D eigenvalue weighted by atomic mass is 31.2. The summed E-state index contributed by atoms with van der Waals surface area (Å²) >= 11 is 0. The number of unbranched alkanes of at least 4 members (excludes halogenated alkanes) is 4. The van der Waals surface area contributed by atoms with E-state index < -0.39 is 160 Å². The number of benzene rings is 7. The van der Waals surface area contributed by atoms with Gasteiger partial charge in [0.15, 0.2) is 31.5 Å².